The Bertz CT molecular complexity index is 1220. The van der Waals surface area contributed by atoms with Gasteiger partial charge in [-0.05, 0) is 61.9 Å². The Balaban J connectivity index is 1.12. The van der Waals surface area contributed by atoms with E-state index in [0.29, 0.717) is 29.4 Å². The fraction of sp³-hybridized carbons (Fsp3) is 0.440. The van der Waals surface area contributed by atoms with Gasteiger partial charge in [0.05, 0.1) is 11.4 Å². The van der Waals surface area contributed by atoms with Crippen molar-refractivity contribution in [3.63, 3.8) is 0 Å². The number of hydrogen-bond acceptors (Lipinski definition) is 5. The predicted octanol–water partition coefficient (Wildman–Crippen LogP) is 3.12. The zero-order valence-electron chi connectivity index (χ0n) is 18.6. The van der Waals surface area contributed by atoms with E-state index in [1.54, 1.807) is 24.4 Å². The molecule has 3 N–H and O–H groups in total. The van der Waals surface area contributed by atoms with E-state index in [9.17, 15) is 9.18 Å². The number of ether oxygens (including phenoxy) is 1. The van der Waals surface area contributed by atoms with Crippen molar-refractivity contribution < 1.29 is 13.9 Å². The van der Waals surface area contributed by atoms with E-state index in [-0.39, 0.29) is 17.7 Å². The number of halogens is 1. The van der Waals surface area contributed by atoms with Crippen molar-refractivity contribution >= 4 is 16.9 Å². The molecule has 3 fully saturated rings. The zero-order chi connectivity index (χ0) is 22.7. The summed E-state index contributed by atoms with van der Waals surface area (Å²) in [6, 6.07) is 7.33. The van der Waals surface area contributed by atoms with Gasteiger partial charge < -0.3 is 20.4 Å². The molecule has 8 heteroatoms. The molecule has 7 nitrogen and oxygen atoms in total. The molecule has 1 aromatic carbocycles. The highest BCUT2D eigenvalue weighted by molar-refractivity contribution is 5.86. The van der Waals surface area contributed by atoms with Crippen LogP contribution in [0.3, 0.4) is 0 Å². The lowest BCUT2D eigenvalue weighted by Gasteiger charge is -2.35. The van der Waals surface area contributed by atoms with E-state index >= 15 is 0 Å². The van der Waals surface area contributed by atoms with Gasteiger partial charge in [-0.2, -0.15) is 0 Å². The molecule has 2 saturated heterocycles. The Morgan fingerprint density at radius 1 is 1.24 bits per heavy atom. The SMILES string of the molecule is Cc1c[nH]c2nccc(Oc3ccc(CC(N)C(=O)N4C[C@@H]5C[C@H]4CN5C4CC4)cc3F)c12. The highest BCUT2D eigenvalue weighted by Crippen LogP contribution is 2.39. The minimum atomic E-state index is -0.674. The average Bonchev–Trinajstić information content (AvgIpc) is 3.28. The summed E-state index contributed by atoms with van der Waals surface area (Å²) in [6.07, 6.45) is 7.40. The summed E-state index contributed by atoms with van der Waals surface area (Å²) >= 11 is 0. The number of H-pyrrole nitrogens is 1. The standard InChI is InChI=1S/C25H28FN5O2/c1-14-11-29-24-23(14)22(6-7-28-24)33-21-5-2-15(8-19(21)26)9-20(27)25(32)31-13-17-10-18(31)12-30(17)16-3-4-16/h2,5-8,11,16-18,20H,3-4,9-10,12-13,27H2,1H3,(H,28,29)/t17-,18-,20?/m0/s1. The van der Waals surface area contributed by atoms with Crippen molar-refractivity contribution in [3.8, 4) is 11.5 Å². The van der Waals surface area contributed by atoms with Crippen molar-refractivity contribution in [2.24, 2.45) is 5.73 Å². The topological polar surface area (TPSA) is 87.5 Å². The van der Waals surface area contributed by atoms with Gasteiger partial charge in [-0.1, -0.05) is 6.07 Å². The number of aromatic nitrogens is 2. The van der Waals surface area contributed by atoms with Gasteiger partial charge in [0.2, 0.25) is 5.91 Å². The molecule has 2 bridgehead atoms. The minimum Gasteiger partial charge on any atom is -0.453 e. The first-order valence-electron chi connectivity index (χ1n) is 11.7. The number of nitrogens with two attached hydrogens (primary N) is 1. The van der Waals surface area contributed by atoms with Crippen molar-refractivity contribution in [3.05, 3.63) is 53.6 Å². The van der Waals surface area contributed by atoms with E-state index < -0.39 is 11.9 Å². The van der Waals surface area contributed by atoms with Crippen LogP contribution in [0.2, 0.25) is 0 Å². The number of carbonyl (C=O) groups excluding carboxylic acids is 1. The molecule has 4 heterocycles. The largest absolute Gasteiger partial charge is 0.453 e. The molecule has 172 valence electrons. The first-order valence-corrected chi connectivity index (χ1v) is 11.7. The molecular weight excluding hydrogens is 421 g/mol. The Morgan fingerprint density at radius 3 is 2.82 bits per heavy atom. The number of benzene rings is 1. The monoisotopic (exact) mass is 449 g/mol. The van der Waals surface area contributed by atoms with Gasteiger partial charge in [0.1, 0.15) is 11.4 Å². The van der Waals surface area contributed by atoms with Crippen LogP contribution >= 0.6 is 0 Å². The van der Waals surface area contributed by atoms with Crippen LogP contribution in [-0.2, 0) is 11.2 Å². The molecular formula is C25H28FN5O2. The summed E-state index contributed by atoms with van der Waals surface area (Å²) in [4.78, 5) is 24.9. The van der Waals surface area contributed by atoms with Crippen LogP contribution < -0.4 is 10.5 Å². The number of nitrogens with zero attached hydrogens (tertiary/aromatic N) is 3. The first-order chi connectivity index (χ1) is 16.0. The Hall–Kier alpha value is -2.97. The predicted molar refractivity (Wildman–Crippen MR) is 123 cm³/mol. The maximum Gasteiger partial charge on any atom is 0.240 e. The Morgan fingerprint density at radius 2 is 2.09 bits per heavy atom. The van der Waals surface area contributed by atoms with E-state index in [1.807, 2.05) is 18.0 Å². The van der Waals surface area contributed by atoms with Gasteiger partial charge in [0.25, 0.3) is 0 Å². The molecule has 3 atom stereocenters. The van der Waals surface area contributed by atoms with Crippen LogP contribution in [0.5, 0.6) is 11.5 Å². The van der Waals surface area contributed by atoms with E-state index in [1.165, 1.54) is 18.9 Å². The number of nitrogens with one attached hydrogen (secondary N) is 1. The molecule has 3 aromatic rings. The highest BCUT2D eigenvalue weighted by Gasteiger charge is 2.49. The van der Waals surface area contributed by atoms with Crippen molar-refractivity contribution in [2.75, 3.05) is 13.1 Å². The molecule has 1 amide bonds. The van der Waals surface area contributed by atoms with Crippen LogP contribution in [-0.4, -0.2) is 62.9 Å². The zero-order valence-corrected chi connectivity index (χ0v) is 18.6. The molecule has 0 radical (unpaired) electrons. The van der Waals surface area contributed by atoms with Crippen molar-refractivity contribution in [1.29, 1.82) is 0 Å². The molecule has 2 aromatic heterocycles. The van der Waals surface area contributed by atoms with E-state index in [0.717, 1.165) is 36.5 Å². The first kappa shape index (κ1) is 20.6. The number of rotatable bonds is 6. The summed E-state index contributed by atoms with van der Waals surface area (Å²) in [5.41, 5.74) is 8.63. The summed E-state index contributed by atoms with van der Waals surface area (Å²) in [7, 11) is 0. The van der Waals surface area contributed by atoms with E-state index in [4.69, 9.17) is 10.5 Å². The molecule has 2 aliphatic heterocycles. The second kappa shape index (κ2) is 7.81. The molecule has 3 aliphatic rings. The highest BCUT2D eigenvalue weighted by atomic mass is 19.1. The number of amides is 1. The Labute approximate surface area is 191 Å². The number of aromatic amines is 1. The number of carbonyl (C=O) groups is 1. The summed E-state index contributed by atoms with van der Waals surface area (Å²) < 4.78 is 20.7. The van der Waals surface area contributed by atoms with Crippen LogP contribution in [0.15, 0.2) is 36.7 Å². The van der Waals surface area contributed by atoms with Gasteiger partial charge in [0, 0.05) is 43.6 Å². The maximum absolute atomic E-state index is 14.9. The third kappa shape index (κ3) is 3.67. The second-order valence-corrected chi connectivity index (χ2v) is 9.64. The minimum absolute atomic E-state index is 0.0270. The number of aryl methyl sites for hydroxylation is 1. The molecule has 1 saturated carbocycles. The third-order valence-electron chi connectivity index (χ3n) is 7.30. The summed E-state index contributed by atoms with van der Waals surface area (Å²) in [5.74, 6) is 0.164. The van der Waals surface area contributed by atoms with Crippen molar-refractivity contribution in [1.82, 2.24) is 19.8 Å². The number of piperazine rings is 1. The summed E-state index contributed by atoms with van der Waals surface area (Å²) in [6.45, 7) is 3.69. The molecule has 1 unspecified atom stereocenters. The summed E-state index contributed by atoms with van der Waals surface area (Å²) in [5, 5.41) is 0.828. The van der Waals surface area contributed by atoms with Gasteiger partial charge in [-0.15, -0.1) is 0 Å². The number of hydrogen-bond donors (Lipinski definition) is 2. The normalized spacial score (nSPS) is 23.4. The van der Waals surface area contributed by atoms with Crippen molar-refractivity contribution in [2.45, 2.75) is 56.8 Å². The van der Waals surface area contributed by atoms with Crippen LogP contribution in [0.4, 0.5) is 4.39 Å². The van der Waals surface area contributed by atoms with Gasteiger partial charge in [-0.25, -0.2) is 9.37 Å². The van der Waals surface area contributed by atoms with Crippen LogP contribution in [0.1, 0.15) is 30.4 Å². The molecule has 0 spiro atoms. The van der Waals surface area contributed by atoms with Gasteiger partial charge in [-0.3, -0.25) is 9.69 Å². The van der Waals surface area contributed by atoms with Gasteiger partial charge in [0.15, 0.2) is 11.6 Å². The number of fused-ring (bicyclic) bond motifs is 3. The fourth-order valence-electron chi connectivity index (χ4n) is 5.52. The fourth-order valence-corrected chi connectivity index (χ4v) is 5.52. The lowest BCUT2D eigenvalue weighted by Crippen LogP contribution is -2.54. The molecule has 33 heavy (non-hydrogen) atoms. The maximum atomic E-state index is 14.9. The lowest BCUT2D eigenvalue weighted by atomic mass is 10.0. The second-order valence-electron chi connectivity index (χ2n) is 9.64. The molecule has 6 rings (SSSR count). The van der Waals surface area contributed by atoms with E-state index in [2.05, 4.69) is 14.9 Å². The lowest BCUT2D eigenvalue weighted by molar-refractivity contribution is -0.135. The van der Waals surface area contributed by atoms with Crippen LogP contribution in [0.25, 0.3) is 11.0 Å². The van der Waals surface area contributed by atoms with Gasteiger partial charge >= 0.3 is 0 Å². The van der Waals surface area contributed by atoms with Crippen LogP contribution in [0, 0.1) is 12.7 Å². The smallest absolute Gasteiger partial charge is 0.240 e. The third-order valence-corrected chi connectivity index (χ3v) is 7.30. The quantitative estimate of drug-likeness (QED) is 0.604. The number of pyridine rings is 1. The number of likely N-dealkylation sites (tertiary alicyclic amines) is 2. The Kier molecular flexibility index (Phi) is 4.88. The molecule has 1 aliphatic carbocycles. The average molecular weight is 450 g/mol.